The van der Waals surface area contributed by atoms with Crippen LogP contribution in [0.4, 0.5) is 5.82 Å². The van der Waals surface area contributed by atoms with Crippen molar-refractivity contribution in [3.8, 4) is 0 Å². The number of hydrogen-bond donors (Lipinski definition) is 2. The van der Waals surface area contributed by atoms with E-state index in [0.29, 0.717) is 5.82 Å². The Morgan fingerprint density at radius 2 is 2.56 bits per heavy atom. The molecule has 86 valence electrons. The van der Waals surface area contributed by atoms with Crippen LogP contribution in [0.2, 0.25) is 0 Å². The molecule has 1 aliphatic heterocycles. The predicted octanol–water partition coefficient (Wildman–Crippen LogP) is 1.75. The number of nitrogens with zero attached hydrogens (tertiary/aromatic N) is 1. The van der Waals surface area contributed by atoms with Crippen molar-refractivity contribution in [2.75, 3.05) is 16.9 Å². The fourth-order valence-electron chi connectivity index (χ4n) is 1.44. The molecule has 2 rings (SSSR count). The van der Waals surface area contributed by atoms with E-state index in [2.05, 4.69) is 31.5 Å². The Labute approximate surface area is 107 Å². The van der Waals surface area contributed by atoms with Gasteiger partial charge in [0.2, 0.25) is 5.91 Å². The van der Waals surface area contributed by atoms with Gasteiger partial charge in [-0.3, -0.25) is 10.1 Å². The molecule has 2 heterocycles. The lowest BCUT2D eigenvalue weighted by atomic mass is 10.2. The van der Waals surface area contributed by atoms with Gasteiger partial charge in [0.05, 0.1) is 6.04 Å². The fourth-order valence-corrected chi connectivity index (χ4v) is 2.83. The Kier molecular flexibility index (Phi) is 3.83. The fraction of sp³-hybridized carbons (Fsp3) is 0.400. The van der Waals surface area contributed by atoms with Gasteiger partial charge in [0.15, 0.2) is 0 Å². The number of halogens is 1. The molecule has 0 bridgehead atoms. The third-order valence-corrected chi connectivity index (χ3v) is 3.69. The van der Waals surface area contributed by atoms with Gasteiger partial charge in [-0.1, -0.05) is 0 Å². The van der Waals surface area contributed by atoms with E-state index in [1.807, 2.05) is 13.0 Å². The van der Waals surface area contributed by atoms with Crippen LogP contribution in [0, 0.1) is 6.92 Å². The van der Waals surface area contributed by atoms with Gasteiger partial charge >= 0.3 is 0 Å². The van der Waals surface area contributed by atoms with E-state index < -0.39 is 0 Å². The summed E-state index contributed by atoms with van der Waals surface area (Å²) in [5.74, 6) is 2.28. The summed E-state index contributed by atoms with van der Waals surface area (Å²) in [5, 5.41) is 5.95. The van der Waals surface area contributed by atoms with Gasteiger partial charge in [-0.15, -0.1) is 11.8 Å². The molecule has 0 radical (unpaired) electrons. The minimum absolute atomic E-state index is 0.0112. The lowest BCUT2D eigenvalue weighted by Gasteiger charge is -2.11. The highest BCUT2D eigenvalue weighted by atomic mass is 79.9. The molecule has 0 aromatic carbocycles. The standard InChI is InChI=1S/C10H12BrN3OS/c1-6-2-7(11)3-12-9(6)14-10(15)8-4-16-5-13-8/h2-3,8,13H,4-5H2,1H3,(H,12,14,15). The van der Waals surface area contributed by atoms with Crippen molar-refractivity contribution >= 4 is 39.4 Å². The number of anilines is 1. The van der Waals surface area contributed by atoms with Crippen molar-refractivity contribution in [2.24, 2.45) is 0 Å². The van der Waals surface area contributed by atoms with Gasteiger partial charge in [-0.2, -0.15) is 0 Å². The Morgan fingerprint density at radius 3 is 3.19 bits per heavy atom. The minimum atomic E-state index is -0.102. The predicted molar refractivity (Wildman–Crippen MR) is 69.6 cm³/mol. The Bertz CT molecular complexity index is 407. The molecular formula is C10H12BrN3OS. The van der Waals surface area contributed by atoms with E-state index in [9.17, 15) is 4.79 Å². The number of amides is 1. The van der Waals surface area contributed by atoms with E-state index in [1.54, 1.807) is 18.0 Å². The quantitative estimate of drug-likeness (QED) is 0.874. The zero-order valence-electron chi connectivity index (χ0n) is 8.79. The van der Waals surface area contributed by atoms with Crippen LogP contribution in [0.25, 0.3) is 0 Å². The first-order valence-electron chi connectivity index (χ1n) is 4.91. The molecule has 1 unspecified atom stereocenters. The smallest absolute Gasteiger partial charge is 0.243 e. The molecule has 1 saturated heterocycles. The van der Waals surface area contributed by atoms with Crippen molar-refractivity contribution in [1.82, 2.24) is 10.3 Å². The van der Waals surface area contributed by atoms with Crippen molar-refractivity contribution in [3.05, 3.63) is 22.3 Å². The molecule has 1 aliphatic rings. The summed E-state index contributed by atoms with van der Waals surface area (Å²) in [6, 6.07) is 1.83. The highest BCUT2D eigenvalue weighted by Gasteiger charge is 2.23. The number of aryl methyl sites for hydroxylation is 1. The first-order valence-corrected chi connectivity index (χ1v) is 6.86. The van der Waals surface area contributed by atoms with Crippen LogP contribution in [0.15, 0.2) is 16.7 Å². The van der Waals surface area contributed by atoms with Crippen LogP contribution in [-0.4, -0.2) is 28.6 Å². The summed E-state index contributed by atoms with van der Waals surface area (Å²) in [4.78, 5) is 16.0. The Morgan fingerprint density at radius 1 is 1.75 bits per heavy atom. The van der Waals surface area contributed by atoms with Gasteiger partial charge in [0.1, 0.15) is 5.82 Å². The van der Waals surface area contributed by atoms with E-state index in [1.165, 1.54) is 0 Å². The average Bonchev–Trinajstić information content (AvgIpc) is 2.75. The second-order valence-electron chi connectivity index (χ2n) is 3.58. The maximum absolute atomic E-state index is 11.8. The summed E-state index contributed by atoms with van der Waals surface area (Å²) in [6.45, 7) is 1.92. The van der Waals surface area contributed by atoms with Crippen LogP contribution in [0.3, 0.4) is 0 Å². The first-order chi connectivity index (χ1) is 7.66. The first kappa shape index (κ1) is 11.9. The molecule has 1 amide bonds. The molecule has 0 spiro atoms. The van der Waals surface area contributed by atoms with E-state index in [0.717, 1.165) is 21.7 Å². The highest BCUT2D eigenvalue weighted by Crippen LogP contribution is 2.18. The molecule has 1 aromatic rings. The Balaban J connectivity index is 2.05. The molecule has 0 saturated carbocycles. The van der Waals surface area contributed by atoms with Crippen LogP contribution in [-0.2, 0) is 4.79 Å². The lowest BCUT2D eigenvalue weighted by molar-refractivity contribution is -0.117. The van der Waals surface area contributed by atoms with Crippen LogP contribution < -0.4 is 10.6 Å². The van der Waals surface area contributed by atoms with Crippen LogP contribution >= 0.6 is 27.7 Å². The number of hydrogen-bond acceptors (Lipinski definition) is 4. The summed E-state index contributed by atoms with van der Waals surface area (Å²) < 4.78 is 0.914. The number of carbonyl (C=O) groups excluding carboxylic acids is 1. The van der Waals surface area contributed by atoms with E-state index >= 15 is 0 Å². The van der Waals surface area contributed by atoms with E-state index in [-0.39, 0.29) is 11.9 Å². The maximum atomic E-state index is 11.8. The van der Waals surface area contributed by atoms with Crippen molar-refractivity contribution in [1.29, 1.82) is 0 Å². The lowest BCUT2D eigenvalue weighted by Crippen LogP contribution is -2.37. The molecule has 16 heavy (non-hydrogen) atoms. The summed E-state index contributed by atoms with van der Waals surface area (Å²) in [5.41, 5.74) is 0.952. The van der Waals surface area contributed by atoms with Gasteiger partial charge in [0, 0.05) is 22.3 Å². The van der Waals surface area contributed by atoms with Gasteiger partial charge in [-0.05, 0) is 34.5 Å². The number of thioether (sulfide) groups is 1. The number of aromatic nitrogens is 1. The van der Waals surface area contributed by atoms with Gasteiger partial charge in [0.25, 0.3) is 0 Å². The maximum Gasteiger partial charge on any atom is 0.243 e. The molecule has 0 aliphatic carbocycles. The zero-order valence-corrected chi connectivity index (χ0v) is 11.2. The van der Waals surface area contributed by atoms with Gasteiger partial charge < -0.3 is 5.32 Å². The number of pyridine rings is 1. The summed E-state index contributed by atoms with van der Waals surface area (Å²) >= 11 is 5.07. The second kappa shape index (κ2) is 5.16. The number of nitrogens with one attached hydrogen (secondary N) is 2. The number of rotatable bonds is 2. The molecule has 1 atom stereocenters. The summed E-state index contributed by atoms with van der Waals surface area (Å²) in [6.07, 6.45) is 1.68. The zero-order chi connectivity index (χ0) is 11.5. The summed E-state index contributed by atoms with van der Waals surface area (Å²) in [7, 11) is 0. The van der Waals surface area contributed by atoms with Crippen molar-refractivity contribution in [2.45, 2.75) is 13.0 Å². The molecular weight excluding hydrogens is 290 g/mol. The normalized spacial score (nSPS) is 19.8. The monoisotopic (exact) mass is 301 g/mol. The third kappa shape index (κ3) is 2.75. The van der Waals surface area contributed by atoms with Crippen LogP contribution in [0.1, 0.15) is 5.56 Å². The molecule has 1 aromatic heterocycles. The van der Waals surface area contributed by atoms with E-state index in [4.69, 9.17) is 0 Å². The highest BCUT2D eigenvalue weighted by molar-refractivity contribution is 9.10. The topological polar surface area (TPSA) is 54.0 Å². The number of carbonyl (C=O) groups is 1. The second-order valence-corrected chi connectivity index (χ2v) is 5.53. The Hall–Kier alpha value is -0.590. The van der Waals surface area contributed by atoms with Crippen molar-refractivity contribution in [3.63, 3.8) is 0 Å². The average molecular weight is 302 g/mol. The molecule has 1 fully saturated rings. The van der Waals surface area contributed by atoms with Crippen molar-refractivity contribution < 1.29 is 4.79 Å². The largest absolute Gasteiger partial charge is 0.309 e. The molecule has 4 nitrogen and oxygen atoms in total. The third-order valence-electron chi connectivity index (χ3n) is 2.32. The van der Waals surface area contributed by atoms with Gasteiger partial charge in [-0.25, -0.2) is 4.98 Å². The SMILES string of the molecule is Cc1cc(Br)cnc1NC(=O)C1CSCN1. The minimum Gasteiger partial charge on any atom is -0.309 e. The molecule has 6 heteroatoms. The van der Waals surface area contributed by atoms with Crippen LogP contribution in [0.5, 0.6) is 0 Å². The molecule has 2 N–H and O–H groups in total.